The number of nitrogens with zero attached hydrogens (tertiary/aromatic N) is 2. The normalized spacial score (nSPS) is 12.7. The quantitative estimate of drug-likeness (QED) is 0.931. The van der Waals surface area contributed by atoms with Gasteiger partial charge in [-0.25, -0.2) is 0 Å². The van der Waals surface area contributed by atoms with Crippen molar-refractivity contribution >= 4 is 27.5 Å². The molecule has 0 aliphatic carbocycles. The second-order valence-corrected chi connectivity index (χ2v) is 5.36. The number of rotatable bonds is 4. The van der Waals surface area contributed by atoms with Crippen molar-refractivity contribution in [1.29, 1.82) is 0 Å². The first-order valence-electron chi connectivity index (χ1n) is 5.74. The summed E-state index contributed by atoms with van der Waals surface area (Å²) >= 11 is 9.34. The Bertz CT molecular complexity index is 542. The maximum absolute atomic E-state index is 10.2. The maximum Gasteiger partial charge on any atom is 0.0832 e. The summed E-state index contributed by atoms with van der Waals surface area (Å²) in [7, 11) is 0. The highest BCUT2D eigenvalue weighted by Crippen LogP contribution is 2.27. The lowest BCUT2D eigenvalue weighted by molar-refractivity contribution is 0.178. The molecule has 0 spiro atoms. The summed E-state index contributed by atoms with van der Waals surface area (Å²) in [6.45, 7) is 2.86. The van der Waals surface area contributed by atoms with Gasteiger partial charge in [0.2, 0.25) is 0 Å². The summed E-state index contributed by atoms with van der Waals surface area (Å²) in [6, 6.07) is 5.49. The van der Waals surface area contributed by atoms with Crippen molar-refractivity contribution in [2.24, 2.45) is 0 Å². The van der Waals surface area contributed by atoms with Crippen molar-refractivity contribution in [3.8, 4) is 0 Å². The zero-order valence-electron chi connectivity index (χ0n) is 9.98. The van der Waals surface area contributed by atoms with Crippen molar-refractivity contribution < 1.29 is 5.11 Å². The zero-order valence-corrected chi connectivity index (χ0v) is 12.3. The molecule has 18 heavy (non-hydrogen) atoms. The molecule has 1 aromatic carbocycles. The number of aromatic nitrogens is 2. The Labute approximate surface area is 120 Å². The van der Waals surface area contributed by atoms with Crippen LogP contribution in [0.3, 0.4) is 0 Å². The van der Waals surface area contributed by atoms with Crippen LogP contribution in [0.1, 0.15) is 24.2 Å². The zero-order chi connectivity index (χ0) is 13.1. The van der Waals surface area contributed by atoms with Crippen LogP contribution in [-0.2, 0) is 13.0 Å². The van der Waals surface area contributed by atoms with Crippen molar-refractivity contribution in [3.05, 3.63) is 51.2 Å². The fraction of sp³-hybridized carbons (Fsp3) is 0.308. The van der Waals surface area contributed by atoms with Crippen LogP contribution in [0, 0.1) is 0 Å². The lowest BCUT2D eigenvalue weighted by atomic mass is 10.0. The van der Waals surface area contributed by atoms with E-state index in [4.69, 9.17) is 11.6 Å². The van der Waals surface area contributed by atoms with Gasteiger partial charge in [0.25, 0.3) is 0 Å². The van der Waals surface area contributed by atoms with Gasteiger partial charge >= 0.3 is 0 Å². The Morgan fingerprint density at radius 2 is 2.28 bits per heavy atom. The molecule has 1 unspecified atom stereocenters. The van der Waals surface area contributed by atoms with Crippen molar-refractivity contribution in [2.75, 3.05) is 0 Å². The first-order chi connectivity index (χ1) is 8.60. The molecular weight excluding hydrogens is 316 g/mol. The minimum Gasteiger partial charge on any atom is -0.388 e. The fourth-order valence-electron chi connectivity index (χ4n) is 1.75. The molecule has 2 aromatic rings. The second-order valence-electron chi connectivity index (χ2n) is 4.10. The molecule has 0 aliphatic heterocycles. The molecule has 1 heterocycles. The van der Waals surface area contributed by atoms with Gasteiger partial charge in [0, 0.05) is 23.6 Å². The Morgan fingerprint density at radius 1 is 1.50 bits per heavy atom. The molecule has 1 N–H and O–H groups in total. The van der Waals surface area contributed by atoms with Gasteiger partial charge < -0.3 is 5.11 Å². The minimum atomic E-state index is -0.565. The lowest BCUT2D eigenvalue weighted by Gasteiger charge is -2.10. The average molecular weight is 330 g/mol. The monoisotopic (exact) mass is 328 g/mol. The van der Waals surface area contributed by atoms with Crippen LogP contribution in [0.5, 0.6) is 0 Å². The summed E-state index contributed by atoms with van der Waals surface area (Å²) in [6.07, 6.45) is 3.71. The van der Waals surface area contributed by atoms with Gasteiger partial charge in [-0.3, -0.25) is 4.68 Å². The van der Waals surface area contributed by atoms with E-state index in [1.165, 1.54) is 0 Å². The topological polar surface area (TPSA) is 38.0 Å². The first kappa shape index (κ1) is 13.6. The number of aliphatic hydroxyl groups is 1. The highest BCUT2D eigenvalue weighted by atomic mass is 79.9. The summed E-state index contributed by atoms with van der Waals surface area (Å²) < 4.78 is 2.68. The number of halogens is 2. The van der Waals surface area contributed by atoms with Gasteiger partial charge in [0.1, 0.15) is 0 Å². The van der Waals surface area contributed by atoms with Crippen LogP contribution in [-0.4, -0.2) is 14.9 Å². The largest absolute Gasteiger partial charge is 0.388 e. The molecule has 1 atom stereocenters. The Hall–Kier alpha value is -0.840. The number of aryl methyl sites for hydroxylation is 1. The van der Waals surface area contributed by atoms with E-state index >= 15 is 0 Å². The summed E-state index contributed by atoms with van der Waals surface area (Å²) in [5.41, 5.74) is 1.83. The molecule has 0 fully saturated rings. The van der Waals surface area contributed by atoms with Crippen LogP contribution in [0.25, 0.3) is 0 Å². The Morgan fingerprint density at radius 3 is 2.89 bits per heavy atom. The Balaban J connectivity index is 2.11. The van der Waals surface area contributed by atoms with Crippen LogP contribution in [0.4, 0.5) is 0 Å². The molecule has 0 aliphatic rings. The highest BCUT2D eigenvalue weighted by molar-refractivity contribution is 9.10. The van der Waals surface area contributed by atoms with Crippen molar-refractivity contribution in [2.45, 2.75) is 26.0 Å². The molecule has 0 radical (unpaired) electrons. The molecule has 3 nitrogen and oxygen atoms in total. The first-order valence-corrected chi connectivity index (χ1v) is 6.91. The second kappa shape index (κ2) is 5.87. The molecule has 96 valence electrons. The van der Waals surface area contributed by atoms with E-state index in [0.29, 0.717) is 11.4 Å². The van der Waals surface area contributed by atoms with Crippen LogP contribution >= 0.6 is 27.5 Å². The van der Waals surface area contributed by atoms with E-state index < -0.39 is 6.10 Å². The van der Waals surface area contributed by atoms with Crippen LogP contribution in [0.15, 0.2) is 35.1 Å². The standard InChI is InChI=1S/C13H14BrClN2O/c1-2-17-8-9(7-16-17)5-13(18)10-3-4-11(14)12(15)6-10/h3-4,6-8,13,18H,2,5H2,1H3. The molecule has 0 bridgehead atoms. The van der Waals surface area contributed by atoms with E-state index in [9.17, 15) is 5.11 Å². The maximum atomic E-state index is 10.2. The summed E-state index contributed by atoms with van der Waals surface area (Å²) in [5.74, 6) is 0. The van der Waals surface area contributed by atoms with Crippen LogP contribution < -0.4 is 0 Å². The predicted molar refractivity (Wildman–Crippen MR) is 75.7 cm³/mol. The molecule has 5 heteroatoms. The average Bonchev–Trinajstić information content (AvgIpc) is 2.80. The third-order valence-electron chi connectivity index (χ3n) is 2.77. The van der Waals surface area contributed by atoms with Gasteiger partial charge in [0.05, 0.1) is 17.3 Å². The lowest BCUT2D eigenvalue weighted by Crippen LogP contribution is -2.01. The SMILES string of the molecule is CCn1cc(CC(O)c2ccc(Br)c(Cl)c2)cn1. The minimum absolute atomic E-state index is 0.540. The number of aliphatic hydroxyl groups excluding tert-OH is 1. The molecule has 0 saturated heterocycles. The van der Waals surface area contributed by atoms with E-state index in [1.54, 1.807) is 12.3 Å². The molecule has 1 aromatic heterocycles. The summed E-state index contributed by atoms with van der Waals surface area (Å²) in [4.78, 5) is 0. The fourth-order valence-corrected chi connectivity index (χ4v) is 2.18. The number of benzene rings is 1. The third-order valence-corrected chi connectivity index (χ3v) is 4.00. The van der Waals surface area contributed by atoms with Crippen LogP contribution in [0.2, 0.25) is 5.02 Å². The number of hydrogen-bond acceptors (Lipinski definition) is 2. The molecule has 0 saturated carbocycles. The van der Waals surface area contributed by atoms with Gasteiger partial charge in [0.15, 0.2) is 0 Å². The van der Waals surface area contributed by atoms with E-state index in [2.05, 4.69) is 21.0 Å². The van der Waals surface area contributed by atoms with E-state index in [1.807, 2.05) is 29.9 Å². The van der Waals surface area contributed by atoms with Gasteiger partial charge in [-0.1, -0.05) is 17.7 Å². The van der Waals surface area contributed by atoms with Crippen molar-refractivity contribution in [3.63, 3.8) is 0 Å². The Kier molecular flexibility index (Phi) is 4.43. The van der Waals surface area contributed by atoms with Gasteiger partial charge in [-0.05, 0) is 46.1 Å². The smallest absolute Gasteiger partial charge is 0.0832 e. The summed E-state index contributed by atoms with van der Waals surface area (Å²) in [5, 5.41) is 15.0. The van der Waals surface area contributed by atoms with E-state index in [-0.39, 0.29) is 0 Å². The highest BCUT2D eigenvalue weighted by Gasteiger charge is 2.11. The van der Waals surface area contributed by atoms with Gasteiger partial charge in [-0.15, -0.1) is 0 Å². The van der Waals surface area contributed by atoms with Crippen molar-refractivity contribution in [1.82, 2.24) is 9.78 Å². The van der Waals surface area contributed by atoms with E-state index in [0.717, 1.165) is 22.1 Å². The molecule has 0 amide bonds. The third kappa shape index (κ3) is 3.13. The molecule has 2 rings (SSSR count). The number of hydrogen-bond donors (Lipinski definition) is 1. The molecular formula is C13H14BrClN2O. The van der Waals surface area contributed by atoms with Gasteiger partial charge in [-0.2, -0.15) is 5.10 Å². The predicted octanol–water partition coefficient (Wildman–Crippen LogP) is 3.60.